The maximum absolute atomic E-state index is 10.6. The number of aliphatic hydroxyl groups is 2. The number of hydrogen-bond donors (Lipinski definition) is 4. The van der Waals surface area contributed by atoms with E-state index in [4.69, 9.17) is 39.4 Å². The largest absolute Gasteiger partial charge is 0.497 e. The Hall–Kier alpha value is -3.50. The summed E-state index contributed by atoms with van der Waals surface area (Å²) in [6, 6.07) is 8.98. The first-order valence-electron chi connectivity index (χ1n) is 10.4. The quantitative estimate of drug-likeness (QED) is 0.485. The number of carboxylic acids is 2. The van der Waals surface area contributed by atoms with E-state index in [9.17, 15) is 9.59 Å². The fourth-order valence-corrected chi connectivity index (χ4v) is 2.95. The molecule has 0 bridgehead atoms. The van der Waals surface area contributed by atoms with Gasteiger partial charge in [-0.1, -0.05) is 12.8 Å². The van der Waals surface area contributed by atoms with Crippen LogP contribution in [0.2, 0.25) is 0 Å². The molecule has 1 saturated carbocycles. The van der Waals surface area contributed by atoms with Crippen molar-refractivity contribution in [2.24, 2.45) is 0 Å². The molecule has 10 heteroatoms. The first kappa shape index (κ1) is 28.5. The smallest absolute Gasteiger partial charge is 0.335 e. The molecule has 4 N–H and O–H groups in total. The van der Waals surface area contributed by atoms with Crippen LogP contribution in [0.4, 0.5) is 0 Å². The molecule has 0 spiro atoms. The van der Waals surface area contributed by atoms with E-state index in [1.165, 1.54) is 52.7 Å². The molecule has 34 heavy (non-hydrogen) atoms. The van der Waals surface area contributed by atoms with Crippen molar-refractivity contribution in [1.29, 1.82) is 0 Å². The molecule has 1 fully saturated rings. The molecular weight excluding hydrogens is 448 g/mol. The highest BCUT2D eigenvalue weighted by atomic mass is 16.5. The van der Waals surface area contributed by atoms with Crippen molar-refractivity contribution in [2.75, 3.05) is 28.4 Å². The normalized spacial score (nSPS) is 16.5. The van der Waals surface area contributed by atoms with E-state index in [1.807, 2.05) is 0 Å². The summed E-state index contributed by atoms with van der Waals surface area (Å²) < 4.78 is 19.6. The van der Waals surface area contributed by atoms with Gasteiger partial charge in [0.15, 0.2) is 0 Å². The summed E-state index contributed by atoms with van der Waals surface area (Å²) in [5.41, 5.74) is 0.299. The van der Waals surface area contributed by atoms with Crippen molar-refractivity contribution >= 4 is 11.9 Å². The molecule has 2 aromatic carbocycles. The molecule has 0 aliphatic heterocycles. The van der Waals surface area contributed by atoms with Gasteiger partial charge in [0.05, 0.1) is 51.8 Å². The summed E-state index contributed by atoms with van der Waals surface area (Å²) in [7, 11) is 5.89. The maximum Gasteiger partial charge on any atom is 0.335 e. The molecule has 2 aromatic rings. The summed E-state index contributed by atoms with van der Waals surface area (Å²) in [5.74, 6) is -0.128. The predicted molar refractivity (Wildman–Crippen MR) is 123 cm³/mol. The van der Waals surface area contributed by atoms with E-state index in [2.05, 4.69) is 0 Å². The summed E-state index contributed by atoms with van der Waals surface area (Å²) in [5, 5.41) is 35.3. The monoisotopic (exact) mass is 480 g/mol. The molecule has 2 atom stereocenters. The molecule has 0 heterocycles. The molecule has 2 unspecified atom stereocenters. The van der Waals surface area contributed by atoms with Gasteiger partial charge in [-0.25, -0.2) is 9.59 Å². The van der Waals surface area contributed by atoms with Crippen LogP contribution in [-0.4, -0.2) is 73.0 Å². The number of rotatable bonds is 6. The second kappa shape index (κ2) is 14.6. The van der Waals surface area contributed by atoms with Crippen molar-refractivity contribution in [3.63, 3.8) is 0 Å². The predicted octanol–water partition coefficient (Wildman–Crippen LogP) is 3.09. The minimum atomic E-state index is -1.00. The van der Waals surface area contributed by atoms with Crippen LogP contribution in [0, 0.1) is 0 Å². The first-order chi connectivity index (χ1) is 16.1. The Balaban J connectivity index is 0.000000263. The highest BCUT2D eigenvalue weighted by Crippen LogP contribution is 2.23. The molecule has 0 amide bonds. The fourth-order valence-electron chi connectivity index (χ4n) is 2.95. The van der Waals surface area contributed by atoms with E-state index in [0.717, 1.165) is 25.7 Å². The van der Waals surface area contributed by atoms with Crippen LogP contribution in [0.5, 0.6) is 23.0 Å². The first-order valence-corrected chi connectivity index (χ1v) is 10.4. The Kier molecular flexibility index (Phi) is 12.3. The zero-order valence-corrected chi connectivity index (χ0v) is 19.7. The molecule has 3 rings (SSSR count). The summed E-state index contributed by atoms with van der Waals surface area (Å²) >= 11 is 0. The van der Waals surface area contributed by atoms with E-state index in [0.29, 0.717) is 23.0 Å². The number of hydrogen-bond acceptors (Lipinski definition) is 8. The van der Waals surface area contributed by atoms with Crippen molar-refractivity contribution in [3.05, 3.63) is 47.5 Å². The number of ether oxygens (including phenoxy) is 4. The van der Waals surface area contributed by atoms with E-state index in [-0.39, 0.29) is 11.1 Å². The van der Waals surface area contributed by atoms with Crippen molar-refractivity contribution < 1.29 is 49.0 Å². The lowest BCUT2D eigenvalue weighted by molar-refractivity contribution is -0.00865. The molecule has 0 aromatic heterocycles. The lowest BCUT2D eigenvalue weighted by atomic mass is 9.95. The zero-order valence-electron chi connectivity index (χ0n) is 19.7. The van der Waals surface area contributed by atoms with Gasteiger partial charge in [-0.3, -0.25) is 0 Å². The van der Waals surface area contributed by atoms with Gasteiger partial charge in [-0.05, 0) is 37.1 Å². The van der Waals surface area contributed by atoms with Crippen LogP contribution >= 0.6 is 0 Å². The average molecular weight is 481 g/mol. The Bertz CT molecular complexity index is 808. The number of methoxy groups -OCH3 is 4. The Morgan fingerprint density at radius 1 is 0.618 bits per heavy atom. The van der Waals surface area contributed by atoms with Crippen LogP contribution < -0.4 is 18.9 Å². The SMILES string of the molecule is COc1cc(OC)cc(C(=O)O)c1.COc1cc(OC)cc(C(=O)O)c1.OC1CCCCC1O. The lowest BCUT2D eigenvalue weighted by Crippen LogP contribution is -2.28. The van der Waals surface area contributed by atoms with E-state index < -0.39 is 24.1 Å². The minimum Gasteiger partial charge on any atom is -0.497 e. The number of carboxylic acid groups (broad SMARTS) is 2. The molecule has 1 aliphatic rings. The van der Waals surface area contributed by atoms with Crippen LogP contribution in [0.25, 0.3) is 0 Å². The van der Waals surface area contributed by atoms with Gasteiger partial charge < -0.3 is 39.4 Å². The van der Waals surface area contributed by atoms with Crippen LogP contribution in [0.3, 0.4) is 0 Å². The number of benzene rings is 2. The highest BCUT2D eigenvalue weighted by molar-refractivity contribution is 5.89. The van der Waals surface area contributed by atoms with Gasteiger partial charge in [-0.15, -0.1) is 0 Å². The summed E-state index contributed by atoms with van der Waals surface area (Å²) in [4.78, 5) is 21.3. The third kappa shape index (κ3) is 9.55. The zero-order chi connectivity index (χ0) is 25.7. The van der Waals surface area contributed by atoms with Crippen LogP contribution in [-0.2, 0) is 0 Å². The van der Waals surface area contributed by atoms with Crippen molar-refractivity contribution in [2.45, 2.75) is 37.9 Å². The minimum absolute atomic E-state index is 0.149. The molecule has 188 valence electrons. The highest BCUT2D eigenvalue weighted by Gasteiger charge is 2.19. The number of carbonyl (C=O) groups is 2. The van der Waals surface area contributed by atoms with Crippen LogP contribution in [0.1, 0.15) is 46.4 Å². The van der Waals surface area contributed by atoms with Crippen molar-refractivity contribution in [1.82, 2.24) is 0 Å². The maximum atomic E-state index is 10.6. The van der Waals surface area contributed by atoms with Crippen molar-refractivity contribution in [3.8, 4) is 23.0 Å². The molecule has 1 aliphatic carbocycles. The molecular formula is C24H32O10. The molecule has 0 saturated heterocycles. The van der Waals surface area contributed by atoms with Gasteiger partial charge in [0.1, 0.15) is 23.0 Å². The fraction of sp³-hybridized carbons (Fsp3) is 0.417. The van der Waals surface area contributed by atoms with Gasteiger partial charge >= 0.3 is 11.9 Å². The van der Waals surface area contributed by atoms with Crippen LogP contribution in [0.15, 0.2) is 36.4 Å². The lowest BCUT2D eigenvalue weighted by Gasteiger charge is -2.22. The van der Waals surface area contributed by atoms with Gasteiger partial charge in [0.25, 0.3) is 0 Å². The molecule has 0 radical (unpaired) electrons. The van der Waals surface area contributed by atoms with Gasteiger partial charge in [0, 0.05) is 12.1 Å². The topological polar surface area (TPSA) is 152 Å². The third-order valence-electron chi connectivity index (χ3n) is 4.89. The van der Waals surface area contributed by atoms with Gasteiger partial charge in [0.2, 0.25) is 0 Å². The second-order valence-corrected chi connectivity index (χ2v) is 7.23. The Morgan fingerprint density at radius 2 is 0.882 bits per heavy atom. The number of aromatic carboxylic acids is 2. The average Bonchev–Trinajstić information content (AvgIpc) is 2.85. The van der Waals surface area contributed by atoms with E-state index >= 15 is 0 Å². The summed E-state index contributed by atoms with van der Waals surface area (Å²) in [6.45, 7) is 0. The van der Waals surface area contributed by atoms with Gasteiger partial charge in [-0.2, -0.15) is 0 Å². The second-order valence-electron chi connectivity index (χ2n) is 7.23. The van der Waals surface area contributed by atoms with E-state index in [1.54, 1.807) is 12.1 Å². The number of aliphatic hydroxyl groups excluding tert-OH is 2. The standard InChI is InChI=1S/2C9H10O4.C6H12O2/c2*1-12-7-3-6(9(10)11)4-8(5-7)13-2;7-5-3-1-2-4-6(5)8/h2*3-5H,1-2H3,(H,10,11);5-8H,1-4H2. The Labute approximate surface area is 198 Å². The Morgan fingerprint density at radius 3 is 1.06 bits per heavy atom. The third-order valence-corrected chi connectivity index (χ3v) is 4.89. The summed E-state index contributed by atoms with van der Waals surface area (Å²) in [6.07, 6.45) is 2.81. The molecule has 10 nitrogen and oxygen atoms in total.